The summed E-state index contributed by atoms with van der Waals surface area (Å²) in [7, 11) is 0. The van der Waals surface area contributed by atoms with Crippen molar-refractivity contribution in [3.8, 4) is 0 Å². The average molecular weight is 371 g/mol. The molecule has 140 valence electrons. The lowest BCUT2D eigenvalue weighted by Gasteiger charge is -2.68. The van der Waals surface area contributed by atoms with E-state index >= 15 is 0 Å². The first kappa shape index (κ1) is 18.0. The molecule has 0 unspecified atom stereocenters. The predicted molar refractivity (Wildman–Crippen MR) is 110 cm³/mol. The van der Waals surface area contributed by atoms with E-state index in [0.717, 1.165) is 24.9 Å². The zero-order chi connectivity index (χ0) is 18.8. The molecule has 4 saturated carbocycles. The molecule has 1 aromatic rings. The van der Waals surface area contributed by atoms with Gasteiger partial charge in [0.2, 0.25) is 5.91 Å². The maximum Gasteiger partial charge on any atom is 0.232 e. The van der Waals surface area contributed by atoms with Crippen LogP contribution in [0.5, 0.6) is 0 Å². The number of aryl methyl sites for hydroxylation is 1. The summed E-state index contributed by atoms with van der Waals surface area (Å²) in [5.74, 6) is 0.130. The Morgan fingerprint density at radius 2 is 1.35 bits per heavy atom. The first-order valence-corrected chi connectivity index (χ1v) is 10.1. The molecule has 4 aliphatic carbocycles. The highest BCUT2D eigenvalue weighted by Crippen LogP contribution is 2.73. The molecule has 1 amide bonds. The number of carbonyl (C=O) groups is 1. The van der Waals surface area contributed by atoms with Gasteiger partial charge in [-0.25, -0.2) is 0 Å². The van der Waals surface area contributed by atoms with E-state index < -0.39 is 0 Å². The zero-order valence-corrected chi connectivity index (χ0v) is 17.2. The molecule has 4 heteroatoms. The van der Waals surface area contributed by atoms with Gasteiger partial charge in [0.25, 0.3) is 0 Å². The maximum absolute atomic E-state index is 13.3. The van der Waals surface area contributed by atoms with Crippen LogP contribution >= 0.6 is 12.2 Å². The predicted octanol–water partition coefficient (Wildman–Crippen LogP) is 5.19. The molecule has 4 fully saturated rings. The van der Waals surface area contributed by atoms with Crippen molar-refractivity contribution in [1.82, 2.24) is 5.32 Å². The molecule has 0 radical (unpaired) electrons. The normalized spacial score (nSPS) is 40.3. The van der Waals surface area contributed by atoms with Gasteiger partial charge >= 0.3 is 0 Å². The molecule has 0 heterocycles. The van der Waals surface area contributed by atoms with Crippen molar-refractivity contribution < 1.29 is 4.79 Å². The second kappa shape index (κ2) is 5.54. The molecule has 0 saturated heterocycles. The van der Waals surface area contributed by atoms with Crippen LogP contribution in [-0.2, 0) is 4.79 Å². The third kappa shape index (κ3) is 3.06. The number of carbonyl (C=O) groups excluding carboxylic acids is 1. The Bertz CT molecular complexity index is 715. The minimum absolute atomic E-state index is 0.130. The van der Waals surface area contributed by atoms with E-state index in [4.69, 9.17) is 12.2 Å². The van der Waals surface area contributed by atoms with Gasteiger partial charge in [0.05, 0.1) is 5.41 Å². The first-order valence-electron chi connectivity index (χ1n) is 9.72. The molecule has 3 nitrogen and oxygen atoms in total. The minimum Gasteiger partial charge on any atom is -0.332 e. The average Bonchev–Trinajstić information content (AvgIpc) is 2.44. The van der Waals surface area contributed by atoms with Crippen molar-refractivity contribution in [2.75, 3.05) is 5.32 Å². The lowest BCUT2D eigenvalue weighted by Crippen LogP contribution is -2.63. The summed E-state index contributed by atoms with van der Waals surface area (Å²) < 4.78 is 0. The van der Waals surface area contributed by atoms with Crippen LogP contribution in [0.4, 0.5) is 5.69 Å². The van der Waals surface area contributed by atoms with Crippen LogP contribution in [-0.4, -0.2) is 11.0 Å². The fraction of sp³-hybridized carbons (Fsp3) is 0.636. The van der Waals surface area contributed by atoms with Gasteiger partial charge in [-0.3, -0.25) is 4.79 Å². The molecule has 4 bridgehead atoms. The van der Waals surface area contributed by atoms with Crippen molar-refractivity contribution in [2.45, 2.75) is 66.2 Å². The van der Waals surface area contributed by atoms with E-state index in [-0.39, 0.29) is 11.3 Å². The monoisotopic (exact) mass is 370 g/mol. The van der Waals surface area contributed by atoms with Gasteiger partial charge in [-0.05, 0) is 86.0 Å². The third-order valence-electron chi connectivity index (χ3n) is 6.87. The van der Waals surface area contributed by atoms with Crippen LogP contribution < -0.4 is 10.6 Å². The van der Waals surface area contributed by atoms with Crippen molar-refractivity contribution >= 4 is 28.9 Å². The van der Waals surface area contributed by atoms with E-state index in [9.17, 15) is 4.79 Å². The van der Waals surface area contributed by atoms with Crippen LogP contribution in [0.3, 0.4) is 0 Å². The van der Waals surface area contributed by atoms with Crippen molar-refractivity contribution in [3.63, 3.8) is 0 Å². The summed E-state index contributed by atoms with van der Waals surface area (Å²) >= 11 is 5.44. The number of hydrogen-bond acceptors (Lipinski definition) is 2. The summed E-state index contributed by atoms with van der Waals surface area (Å²) in [5, 5.41) is 6.61. The number of benzene rings is 1. The number of amides is 1. The molecular formula is C22H30N2OS. The first-order chi connectivity index (χ1) is 12.0. The lowest BCUT2D eigenvalue weighted by atomic mass is 9.36. The van der Waals surface area contributed by atoms with Gasteiger partial charge < -0.3 is 10.6 Å². The molecule has 4 aliphatic rings. The van der Waals surface area contributed by atoms with E-state index in [1.54, 1.807) is 0 Å². The summed E-state index contributed by atoms with van der Waals surface area (Å²) in [6.07, 6.45) is 6.79. The van der Waals surface area contributed by atoms with E-state index in [1.807, 2.05) is 24.3 Å². The highest BCUT2D eigenvalue weighted by atomic mass is 32.1. The number of thiocarbonyl (C=S) groups is 1. The molecule has 2 N–H and O–H groups in total. The standard InChI is InChI=1S/C22H30N2OS/c1-15-5-7-16(8-6-15)23-18(26)24-17(25)22-12-19(2)9-20(3,13-22)11-21(4,10-19)14-22/h5-8H,9-14H2,1-4H3,(H2,23,24,25,26). The van der Waals surface area contributed by atoms with Gasteiger partial charge in [0, 0.05) is 5.69 Å². The highest BCUT2D eigenvalue weighted by molar-refractivity contribution is 7.80. The fourth-order valence-electron chi connectivity index (χ4n) is 7.57. The number of nitrogens with one attached hydrogen (secondary N) is 2. The van der Waals surface area contributed by atoms with Crippen LogP contribution in [0.2, 0.25) is 0 Å². The molecule has 26 heavy (non-hydrogen) atoms. The highest BCUT2D eigenvalue weighted by Gasteiger charge is 2.66. The Morgan fingerprint density at radius 1 is 0.885 bits per heavy atom. The molecule has 0 spiro atoms. The Labute approximate surface area is 162 Å². The quantitative estimate of drug-likeness (QED) is 0.704. The van der Waals surface area contributed by atoms with Gasteiger partial charge in [-0.15, -0.1) is 0 Å². The van der Waals surface area contributed by atoms with Crippen molar-refractivity contribution in [2.24, 2.45) is 21.7 Å². The third-order valence-corrected chi connectivity index (χ3v) is 7.08. The molecular weight excluding hydrogens is 340 g/mol. The van der Waals surface area contributed by atoms with E-state index in [0.29, 0.717) is 21.4 Å². The lowest BCUT2D eigenvalue weighted by molar-refractivity contribution is -0.190. The Balaban J connectivity index is 1.51. The topological polar surface area (TPSA) is 41.1 Å². The van der Waals surface area contributed by atoms with Crippen LogP contribution in [0.1, 0.15) is 64.9 Å². The van der Waals surface area contributed by atoms with Gasteiger partial charge in [0.1, 0.15) is 0 Å². The zero-order valence-electron chi connectivity index (χ0n) is 16.4. The molecule has 0 atom stereocenters. The van der Waals surface area contributed by atoms with Gasteiger partial charge in [-0.2, -0.15) is 0 Å². The van der Waals surface area contributed by atoms with E-state index in [2.05, 4.69) is 38.3 Å². The Hall–Kier alpha value is -1.42. The summed E-state index contributed by atoms with van der Waals surface area (Å²) in [5.41, 5.74) is 2.74. The van der Waals surface area contributed by atoms with Crippen molar-refractivity contribution in [3.05, 3.63) is 29.8 Å². The number of anilines is 1. The SMILES string of the molecule is Cc1ccc(NC(=S)NC(=O)C23CC4(C)CC(C)(CC(C)(C4)C2)C3)cc1. The van der Waals surface area contributed by atoms with Gasteiger partial charge in [-0.1, -0.05) is 38.5 Å². The summed E-state index contributed by atoms with van der Waals surface area (Å²) in [6, 6.07) is 8.05. The minimum atomic E-state index is -0.258. The second-order valence-electron chi connectivity index (χ2n) is 10.5. The van der Waals surface area contributed by atoms with Crippen LogP contribution in [0.15, 0.2) is 24.3 Å². The Morgan fingerprint density at radius 3 is 1.81 bits per heavy atom. The van der Waals surface area contributed by atoms with Gasteiger partial charge in [0.15, 0.2) is 5.11 Å². The summed E-state index contributed by atoms with van der Waals surface area (Å²) in [6.45, 7) is 9.24. The summed E-state index contributed by atoms with van der Waals surface area (Å²) in [4.78, 5) is 13.3. The smallest absolute Gasteiger partial charge is 0.232 e. The van der Waals surface area contributed by atoms with Crippen LogP contribution in [0.25, 0.3) is 0 Å². The number of hydrogen-bond donors (Lipinski definition) is 2. The molecule has 0 aliphatic heterocycles. The molecule has 0 aromatic heterocycles. The van der Waals surface area contributed by atoms with Crippen LogP contribution in [0, 0.1) is 28.6 Å². The number of rotatable bonds is 2. The Kier molecular flexibility index (Phi) is 3.83. The second-order valence-corrected chi connectivity index (χ2v) is 11.0. The van der Waals surface area contributed by atoms with Crippen molar-refractivity contribution in [1.29, 1.82) is 0 Å². The molecule has 1 aromatic carbocycles. The van der Waals surface area contributed by atoms with E-state index in [1.165, 1.54) is 24.8 Å². The maximum atomic E-state index is 13.3. The molecule has 5 rings (SSSR count). The fourth-order valence-corrected chi connectivity index (χ4v) is 7.78. The largest absolute Gasteiger partial charge is 0.332 e.